The molecule has 114 valence electrons. The van der Waals surface area contributed by atoms with E-state index in [2.05, 4.69) is 19.9 Å². The van der Waals surface area contributed by atoms with Gasteiger partial charge in [-0.3, -0.25) is 0 Å². The van der Waals surface area contributed by atoms with Crippen molar-refractivity contribution in [3.8, 4) is 21.5 Å². The van der Waals surface area contributed by atoms with Gasteiger partial charge in [-0.05, 0) is 19.9 Å². The Hall–Kier alpha value is -1.87. The smallest absolute Gasteiger partial charge is 0.240 e. The largest absolute Gasteiger partial charge is 0.434 e. The Bertz CT molecular complexity index is 823. The highest BCUT2D eigenvalue weighted by Crippen LogP contribution is 2.33. The Morgan fingerprint density at radius 1 is 0.864 bits per heavy atom. The summed E-state index contributed by atoms with van der Waals surface area (Å²) in [4.78, 5) is 16.4. The van der Waals surface area contributed by atoms with Crippen LogP contribution in [0.2, 0.25) is 0 Å². The van der Waals surface area contributed by atoms with E-state index in [1.165, 1.54) is 11.3 Å². The van der Waals surface area contributed by atoms with Gasteiger partial charge >= 0.3 is 6.18 Å². The fourth-order valence-corrected chi connectivity index (χ4v) is 3.27. The maximum absolute atomic E-state index is 12.6. The third kappa shape index (κ3) is 3.00. The molecular weight excluding hydrogens is 333 g/mol. The fraction of sp³-hybridized carbons (Fsp3) is 0.231. The second-order valence-corrected chi connectivity index (χ2v) is 6.26. The first-order chi connectivity index (χ1) is 10.3. The monoisotopic (exact) mass is 342 g/mol. The lowest BCUT2D eigenvalue weighted by Crippen LogP contribution is -2.05. The first kappa shape index (κ1) is 15.0. The summed E-state index contributed by atoms with van der Waals surface area (Å²) in [5.74, 6) is 0.184. The van der Waals surface area contributed by atoms with Gasteiger partial charge in [0.2, 0.25) is 0 Å². The molecule has 0 spiro atoms. The number of halogens is 3. The number of rotatable bonds is 2. The maximum atomic E-state index is 12.6. The zero-order chi connectivity index (χ0) is 15.9. The Morgan fingerprint density at radius 3 is 2.18 bits per heavy atom. The van der Waals surface area contributed by atoms with E-state index in [1.54, 1.807) is 13.0 Å². The molecule has 0 atom stereocenters. The van der Waals surface area contributed by atoms with Gasteiger partial charge in [-0.15, -0.1) is 22.7 Å². The Morgan fingerprint density at radius 2 is 1.59 bits per heavy atom. The van der Waals surface area contributed by atoms with Crippen LogP contribution in [-0.2, 0) is 6.18 Å². The van der Waals surface area contributed by atoms with Crippen LogP contribution in [0.3, 0.4) is 0 Å². The van der Waals surface area contributed by atoms with E-state index < -0.39 is 11.9 Å². The van der Waals surface area contributed by atoms with Crippen molar-refractivity contribution >= 4 is 22.7 Å². The third-order valence-corrected chi connectivity index (χ3v) is 4.50. The second kappa shape index (κ2) is 5.40. The summed E-state index contributed by atoms with van der Waals surface area (Å²) < 4.78 is 37.9. The number of hydrogen-bond acceptors (Lipinski definition) is 6. The summed E-state index contributed by atoms with van der Waals surface area (Å²) in [6.07, 6.45) is -4.46. The molecule has 0 N–H and O–H groups in total. The van der Waals surface area contributed by atoms with E-state index in [0.29, 0.717) is 16.4 Å². The predicted molar refractivity (Wildman–Crippen MR) is 78.7 cm³/mol. The van der Waals surface area contributed by atoms with E-state index in [-0.39, 0.29) is 10.8 Å². The van der Waals surface area contributed by atoms with Crippen molar-refractivity contribution in [2.45, 2.75) is 20.0 Å². The Labute approximate surface area is 131 Å². The van der Waals surface area contributed by atoms with Gasteiger partial charge in [0.05, 0.1) is 0 Å². The molecule has 0 fully saturated rings. The molecule has 4 nitrogen and oxygen atoms in total. The summed E-state index contributed by atoms with van der Waals surface area (Å²) in [5, 5.41) is 3.70. The van der Waals surface area contributed by atoms with Crippen LogP contribution < -0.4 is 0 Å². The normalized spacial score (nSPS) is 11.9. The summed E-state index contributed by atoms with van der Waals surface area (Å²) in [6.45, 7) is 3.62. The molecule has 3 aromatic heterocycles. The quantitative estimate of drug-likeness (QED) is 0.694. The van der Waals surface area contributed by atoms with Gasteiger partial charge in [0.15, 0.2) is 16.5 Å². The Balaban J connectivity index is 2.04. The molecule has 0 bridgehead atoms. The summed E-state index contributed by atoms with van der Waals surface area (Å²) in [6, 6.07) is 1.75. The zero-order valence-electron chi connectivity index (χ0n) is 11.5. The molecular formula is C13H9F3N4S2. The lowest BCUT2D eigenvalue weighted by atomic mass is 10.3. The topological polar surface area (TPSA) is 51.6 Å². The number of aromatic nitrogens is 4. The van der Waals surface area contributed by atoms with Crippen LogP contribution in [0.25, 0.3) is 21.5 Å². The van der Waals surface area contributed by atoms with Crippen LogP contribution in [-0.4, -0.2) is 19.9 Å². The minimum absolute atomic E-state index is 0.144. The molecule has 3 heterocycles. The molecule has 3 aromatic rings. The molecule has 0 aromatic carbocycles. The highest BCUT2D eigenvalue weighted by molar-refractivity contribution is 7.13. The second-order valence-electron chi connectivity index (χ2n) is 4.55. The molecule has 3 rings (SSSR count). The van der Waals surface area contributed by atoms with Gasteiger partial charge in [0, 0.05) is 22.1 Å². The molecule has 0 unspecified atom stereocenters. The Kier molecular flexibility index (Phi) is 3.69. The maximum Gasteiger partial charge on any atom is 0.434 e. The van der Waals surface area contributed by atoms with E-state index in [9.17, 15) is 13.2 Å². The van der Waals surface area contributed by atoms with Gasteiger partial charge in [0.25, 0.3) is 0 Å². The first-order valence-electron chi connectivity index (χ1n) is 6.14. The van der Waals surface area contributed by atoms with Crippen LogP contribution in [0.5, 0.6) is 0 Å². The summed E-state index contributed by atoms with van der Waals surface area (Å²) in [5.41, 5.74) is 1.18. The van der Waals surface area contributed by atoms with Crippen molar-refractivity contribution in [2.24, 2.45) is 0 Å². The van der Waals surface area contributed by atoms with Crippen LogP contribution in [0.15, 0.2) is 16.8 Å². The molecule has 0 aliphatic rings. The van der Waals surface area contributed by atoms with Crippen molar-refractivity contribution in [3.63, 3.8) is 0 Å². The molecule has 0 radical (unpaired) electrons. The zero-order valence-corrected chi connectivity index (χ0v) is 13.1. The lowest BCUT2D eigenvalue weighted by molar-refractivity contribution is -0.140. The average molecular weight is 342 g/mol. The highest BCUT2D eigenvalue weighted by Gasteiger charge is 2.34. The standard InChI is InChI=1S/C13H9F3N4S2/c1-6-3-8(11-18-7(2)4-21-11)19-10(17-6)12-20-9(5-22-12)13(14,15)16/h3-5H,1-2H3. The van der Waals surface area contributed by atoms with Crippen LogP contribution in [0, 0.1) is 13.8 Å². The van der Waals surface area contributed by atoms with Crippen LogP contribution >= 0.6 is 22.7 Å². The highest BCUT2D eigenvalue weighted by atomic mass is 32.1. The minimum Gasteiger partial charge on any atom is -0.240 e. The summed E-state index contributed by atoms with van der Waals surface area (Å²) >= 11 is 2.30. The predicted octanol–water partition coefficient (Wildman–Crippen LogP) is 4.36. The van der Waals surface area contributed by atoms with Gasteiger partial charge in [-0.2, -0.15) is 13.2 Å². The van der Waals surface area contributed by atoms with Gasteiger partial charge in [-0.1, -0.05) is 0 Å². The molecule has 0 saturated heterocycles. The molecule has 9 heteroatoms. The molecule has 22 heavy (non-hydrogen) atoms. The first-order valence-corrected chi connectivity index (χ1v) is 7.90. The van der Waals surface area contributed by atoms with Gasteiger partial charge in [-0.25, -0.2) is 19.9 Å². The lowest BCUT2D eigenvalue weighted by Gasteiger charge is -2.02. The third-order valence-electron chi connectivity index (χ3n) is 2.68. The van der Waals surface area contributed by atoms with E-state index in [1.807, 2.05) is 12.3 Å². The van der Waals surface area contributed by atoms with E-state index in [4.69, 9.17) is 0 Å². The molecule has 0 saturated carbocycles. The van der Waals surface area contributed by atoms with Crippen LogP contribution in [0.4, 0.5) is 13.2 Å². The average Bonchev–Trinajstić information content (AvgIpc) is 3.05. The van der Waals surface area contributed by atoms with E-state index in [0.717, 1.165) is 22.4 Å². The number of alkyl halides is 3. The summed E-state index contributed by atoms with van der Waals surface area (Å²) in [7, 11) is 0. The fourth-order valence-electron chi connectivity index (χ4n) is 1.75. The number of hydrogen-bond donors (Lipinski definition) is 0. The van der Waals surface area contributed by atoms with Crippen molar-refractivity contribution in [1.82, 2.24) is 19.9 Å². The van der Waals surface area contributed by atoms with Crippen molar-refractivity contribution in [2.75, 3.05) is 0 Å². The van der Waals surface area contributed by atoms with Gasteiger partial charge < -0.3 is 0 Å². The van der Waals surface area contributed by atoms with Gasteiger partial charge in [0.1, 0.15) is 10.7 Å². The SMILES string of the molecule is Cc1cc(-c2nc(C)cs2)nc(-c2nc(C(F)(F)F)cs2)n1. The van der Waals surface area contributed by atoms with Crippen molar-refractivity contribution < 1.29 is 13.2 Å². The number of aryl methyl sites for hydroxylation is 2. The number of thiazole rings is 2. The number of nitrogens with zero attached hydrogens (tertiary/aromatic N) is 4. The molecule has 0 aliphatic carbocycles. The molecule has 0 aliphatic heterocycles. The van der Waals surface area contributed by atoms with Crippen molar-refractivity contribution in [3.05, 3.63) is 33.9 Å². The molecule has 0 amide bonds. The van der Waals surface area contributed by atoms with Crippen molar-refractivity contribution in [1.29, 1.82) is 0 Å². The van der Waals surface area contributed by atoms with E-state index >= 15 is 0 Å². The minimum atomic E-state index is -4.46. The van der Waals surface area contributed by atoms with Crippen LogP contribution in [0.1, 0.15) is 17.1 Å².